The molecule has 1 aromatic carbocycles. The van der Waals surface area contributed by atoms with Crippen molar-refractivity contribution in [2.75, 3.05) is 0 Å². The predicted molar refractivity (Wildman–Crippen MR) is 52.9 cm³/mol. The summed E-state index contributed by atoms with van der Waals surface area (Å²) in [7, 11) is 0. The fourth-order valence-electron chi connectivity index (χ4n) is 0.953. The van der Waals surface area contributed by atoms with E-state index in [0.29, 0.717) is 5.56 Å². The zero-order chi connectivity index (χ0) is 10.0. The highest BCUT2D eigenvalue weighted by Gasteiger charge is 2.15. The Kier molecular flexibility index (Phi) is 4.46. The van der Waals surface area contributed by atoms with Gasteiger partial charge in [-0.2, -0.15) is 4.39 Å². The molecular formula is C8H10ClFN2O2. The first kappa shape index (κ1) is 12.8. The standard InChI is InChI=1S/C8H9FN2O2.ClH/c1-5(10)6-2-3-7(9)8(4-6)11(12)13;/h2-5H,10H2,1H3;1H. The summed E-state index contributed by atoms with van der Waals surface area (Å²) in [4.78, 5) is 9.56. The lowest BCUT2D eigenvalue weighted by Gasteiger charge is -2.04. The van der Waals surface area contributed by atoms with Gasteiger partial charge in [-0.3, -0.25) is 10.1 Å². The van der Waals surface area contributed by atoms with Gasteiger partial charge in [0.25, 0.3) is 0 Å². The maximum absolute atomic E-state index is 12.8. The molecule has 78 valence electrons. The Balaban J connectivity index is 0.00000169. The largest absolute Gasteiger partial charge is 0.324 e. The van der Waals surface area contributed by atoms with Gasteiger partial charge in [0.05, 0.1) is 4.92 Å². The van der Waals surface area contributed by atoms with Gasteiger partial charge in [0.1, 0.15) is 0 Å². The Morgan fingerprint density at radius 3 is 2.57 bits per heavy atom. The number of nitro benzene ring substituents is 1. The third kappa shape index (κ3) is 2.65. The Bertz CT molecular complexity index is 344. The number of halogens is 2. The van der Waals surface area contributed by atoms with Crippen molar-refractivity contribution in [1.82, 2.24) is 0 Å². The van der Waals surface area contributed by atoms with Crippen molar-refractivity contribution >= 4 is 18.1 Å². The molecule has 0 saturated heterocycles. The summed E-state index contributed by atoms with van der Waals surface area (Å²) in [5.41, 5.74) is 5.50. The van der Waals surface area contributed by atoms with Crippen molar-refractivity contribution < 1.29 is 9.31 Å². The Morgan fingerprint density at radius 2 is 2.14 bits per heavy atom. The lowest BCUT2D eigenvalue weighted by molar-refractivity contribution is -0.387. The number of benzene rings is 1. The SMILES string of the molecule is CC(N)c1ccc(F)c([N+](=O)[O-])c1.Cl. The van der Waals surface area contributed by atoms with Crippen LogP contribution in [-0.4, -0.2) is 4.92 Å². The lowest BCUT2D eigenvalue weighted by Crippen LogP contribution is -2.05. The molecule has 6 heteroatoms. The number of rotatable bonds is 2. The molecule has 0 radical (unpaired) electrons. The van der Waals surface area contributed by atoms with Gasteiger partial charge in [0, 0.05) is 12.1 Å². The Labute approximate surface area is 86.5 Å². The van der Waals surface area contributed by atoms with Crippen LogP contribution >= 0.6 is 12.4 Å². The quantitative estimate of drug-likeness (QED) is 0.614. The van der Waals surface area contributed by atoms with Gasteiger partial charge in [-0.15, -0.1) is 12.4 Å². The smallest absolute Gasteiger partial charge is 0.305 e. The van der Waals surface area contributed by atoms with E-state index in [2.05, 4.69) is 0 Å². The highest BCUT2D eigenvalue weighted by molar-refractivity contribution is 5.85. The van der Waals surface area contributed by atoms with E-state index in [1.807, 2.05) is 0 Å². The normalized spacial score (nSPS) is 11.6. The molecule has 0 aromatic heterocycles. The van der Waals surface area contributed by atoms with Crippen molar-refractivity contribution in [3.05, 3.63) is 39.7 Å². The second-order valence-corrected chi connectivity index (χ2v) is 2.76. The third-order valence-corrected chi connectivity index (χ3v) is 1.69. The Hall–Kier alpha value is -1.20. The molecule has 0 spiro atoms. The molecule has 1 rings (SSSR count). The van der Waals surface area contributed by atoms with Crippen LogP contribution in [-0.2, 0) is 0 Å². The van der Waals surface area contributed by atoms with Gasteiger partial charge in [-0.05, 0) is 18.6 Å². The fraction of sp³-hybridized carbons (Fsp3) is 0.250. The minimum atomic E-state index is -0.839. The molecule has 1 unspecified atom stereocenters. The summed E-state index contributed by atoms with van der Waals surface area (Å²) in [5, 5.41) is 10.3. The number of nitro groups is 1. The molecule has 0 bridgehead atoms. The highest BCUT2D eigenvalue weighted by atomic mass is 35.5. The van der Waals surface area contributed by atoms with Gasteiger partial charge >= 0.3 is 5.69 Å². The average molecular weight is 221 g/mol. The van der Waals surface area contributed by atoms with Gasteiger partial charge < -0.3 is 5.73 Å². The highest BCUT2D eigenvalue weighted by Crippen LogP contribution is 2.21. The summed E-state index contributed by atoms with van der Waals surface area (Å²) in [6, 6.07) is 3.31. The van der Waals surface area contributed by atoms with Gasteiger partial charge in [0.2, 0.25) is 5.82 Å². The van der Waals surface area contributed by atoms with E-state index in [9.17, 15) is 14.5 Å². The number of nitrogens with two attached hydrogens (primary N) is 1. The van der Waals surface area contributed by atoms with E-state index >= 15 is 0 Å². The van der Waals surface area contributed by atoms with E-state index in [1.165, 1.54) is 6.07 Å². The fourth-order valence-corrected chi connectivity index (χ4v) is 0.953. The maximum atomic E-state index is 12.8. The molecule has 4 nitrogen and oxygen atoms in total. The van der Waals surface area contributed by atoms with E-state index in [-0.39, 0.29) is 18.4 Å². The molecule has 14 heavy (non-hydrogen) atoms. The number of nitrogens with zero attached hydrogens (tertiary/aromatic N) is 1. The van der Waals surface area contributed by atoms with Gasteiger partial charge in [-0.1, -0.05) is 6.07 Å². The van der Waals surface area contributed by atoms with Crippen LogP contribution in [0.5, 0.6) is 0 Å². The Morgan fingerprint density at radius 1 is 1.57 bits per heavy atom. The van der Waals surface area contributed by atoms with Crippen LogP contribution in [0.3, 0.4) is 0 Å². The van der Waals surface area contributed by atoms with Gasteiger partial charge in [0.15, 0.2) is 0 Å². The van der Waals surface area contributed by atoms with Crippen LogP contribution in [0, 0.1) is 15.9 Å². The number of hydrogen-bond acceptors (Lipinski definition) is 3. The van der Waals surface area contributed by atoms with E-state index in [1.54, 1.807) is 6.92 Å². The van der Waals surface area contributed by atoms with E-state index in [4.69, 9.17) is 5.73 Å². The molecule has 0 amide bonds. The van der Waals surface area contributed by atoms with Gasteiger partial charge in [-0.25, -0.2) is 0 Å². The van der Waals surface area contributed by atoms with E-state index < -0.39 is 16.4 Å². The van der Waals surface area contributed by atoms with Crippen LogP contribution in [0.25, 0.3) is 0 Å². The molecule has 1 aromatic rings. The molecule has 1 atom stereocenters. The van der Waals surface area contributed by atoms with Crippen LogP contribution in [0.1, 0.15) is 18.5 Å². The summed E-state index contributed by atoms with van der Waals surface area (Å²) < 4.78 is 12.8. The zero-order valence-corrected chi connectivity index (χ0v) is 8.25. The summed E-state index contributed by atoms with van der Waals surface area (Å²) >= 11 is 0. The first-order valence-electron chi connectivity index (χ1n) is 3.72. The van der Waals surface area contributed by atoms with Crippen molar-refractivity contribution in [3.8, 4) is 0 Å². The van der Waals surface area contributed by atoms with Crippen LogP contribution in [0.15, 0.2) is 18.2 Å². The summed E-state index contributed by atoms with van der Waals surface area (Å²) in [6.07, 6.45) is 0. The van der Waals surface area contributed by atoms with Crippen molar-refractivity contribution in [2.45, 2.75) is 13.0 Å². The topological polar surface area (TPSA) is 69.2 Å². The second-order valence-electron chi connectivity index (χ2n) is 2.76. The predicted octanol–water partition coefficient (Wildman–Crippen LogP) is 2.18. The molecule has 0 aliphatic heterocycles. The van der Waals surface area contributed by atoms with E-state index in [0.717, 1.165) is 12.1 Å². The molecule has 2 N–H and O–H groups in total. The van der Waals surface area contributed by atoms with Crippen LogP contribution in [0.2, 0.25) is 0 Å². The first-order valence-corrected chi connectivity index (χ1v) is 3.72. The minimum Gasteiger partial charge on any atom is -0.324 e. The minimum absolute atomic E-state index is 0. The summed E-state index contributed by atoms with van der Waals surface area (Å²) in [5.74, 6) is -0.839. The third-order valence-electron chi connectivity index (χ3n) is 1.69. The maximum Gasteiger partial charge on any atom is 0.305 e. The molecular weight excluding hydrogens is 211 g/mol. The summed E-state index contributed by atoms with van der Waals surface area (Å²) in [6.45, 7) is 1.68. The molecule has 0 fully saturated rings. The zero-order valence-electron chi connectivity index (χ0n) is 7.44. The second kappa shape index (κ2) is 4.88. The molecule has 0 saturated carbocycles. The van der Waals surface area contributed by atoms with Crippen molar-refractivity contribution in [1.29, 1.82) is 0 Å². The lowest BCUT2D eigenvalue weighted by atomic mass is 10.1. The molecule has 0 aliphatic carbocycles. The number of hydrogen-bond donors (Lipinski definition) is 1. The first-order chi connectivity index (χ1) is 6.02. The van der Waals surface area contributed by atoms with Crippen molar-refractivity contribution in [2.24, 2.45) is 5.73 Å². The van der Waals surface area contributed by atoms with Crippen LogP contribution in [0.4, 0.5) is 10.1 Å². The molecule has 0 aliphatic rings. The average Bonchev–Trinajstić information content (AvgIpc) is 2.04. The monoisotopic (exact) mass is 220 g/mol. The van der Waals surface area contributed by atoms with Crippen LogP contribution < -0.4 is 5.73 Å². The molecule has 0 heterocycles. The van der Waals surface area contributed by atoms with Crippen molar-refractivity contribution in [3.63, 3.8) is 0 Å².